The van der Waals surface area contributed by atoms with Crippen LogP contribution >= 0.6 is 0 Å². The number of benzene rings is 1. The van der Waals surface area contributed by atoms with Crippen molar-refractivity contribution in [3.05, 3.63) is 33.9 Å². The van der Waals surface area contributed by atoms with E-state index in [0.29, 0.717) is 17.8 Å². The molecule has 2 N–H and O–H groups in total. The number of rotatable bonds is 4. The second kappa shape index (κ2) is 5.69. The minimum atomic E-state index is -0.469. The molecule has 104 valence electrons. The largest absolute Gasteiger partial charge is 0.380 e. The molecule has 0 saturated heterocycles. The van der Waals surface area contributed by atoms with Crippen LogP contribution in [-0.4, -0.2) is 22.9 Å². The van der Waals surface area contributed by atoms with E-state index in [-0.39, 0.29) is 17.1 Å². The topological polar surface area (TPSA) is 84.3 Å². The number of hydrogen-bond acceptors (Lipinski definition) is 4. The number of amides is 1. The number of hydrogen-bond donors (Lipinski definition) is 2. The third-order valence-electron chi connectivity index (χ3n) is 2.31. The zero-order valence-corrected chi connectivity index (χ0v) is 11.6. The molecule has 6 heteroatoms. The Morgan fingerprint density at radius 3 is 2.47 bits per heavy atom. The first kappa shape index (κ1) is 14.9. The van der Waals surface area contributed by atoms with Crippen LogP contribution in [-0.2, 0) is 0 Å². The summed E-state index contributed by atoms with van der Waals surface area (Å²) in [7, 11) is 0. The Hall–Kier alpha value is -2.11. The number of nitrogens with one attached hydrogen (secondary N) is 2. The van der Waals surface area contributed by atoms with Crippen molar-refractivity contribution in [3.8, 4) is 0 Å². The van der Waals surface area contributed by atoms with E-state index in [1.54, 1.807) is 0 Å². The van der Waals surface area contributed by atoms with Crippen LogP contribution in [0.25, 0.3) is 0 Å². The van der Waals surface area contributed by atoms with E-state index in [1.165, 1.54) is 18.2 Å². The van der Waals surface area contributed by atoms with E-state index in [0.717, 1.165) is 0 Å². The van der Waals surface area contributed by atoms with Gasteiger partial charge in [-0.3, -0.25) is 14.9 Å². The Bertz CT molecular complexity index is 492. The Morgan fingerprint density at radius 2 is 2.00 bits per heavy atom. The fourth-order valence-electron chi connectivity index (χ4n) is 1.58. The van der Waals surface area contributed by atoms with Gasteiger partial charge in [0.1, 0.15) is 5.69 Å². The van der Waals surface area contributed by atoms with Gasteiger partial charge in [-0.05, 0) is 39.8 Å². The summed E-state index contributed by atoms with van der Waals surface area (Å²) in [5.74, 6) is -0.249. The average Bonchev–Trinajstić information content (AvgIpc) is 2.26. The van der Waals surface area contributed by atoms with Gasteiger partial charge in [0, 0.05) is 23.7 Å². The molecule has 0 aliphatic heterocycles. The molecule has 19 heavy (non-hydrogen) atoms. The van der Waals surface area contributed by atoms with Gasteiger partial charge in [-0.25, -0.2) is 0 Å². The number of carbonyl (C=O) groups excluding carboxylic acids is 1. The Morgan fingerprint density at radius 1 is 1.37 bits per heavy atom. The molecular formula is C13H19N3O3. The van der Waals surface area contributed by atoms with E-state index in [4.69, 9.17) is 0 Å². The van der Waals surface area contributed by atoms with Gasteiger partial charge in [0.15, 0.2) is 0 Å². The zero-order valence-electron chi connectivity index (χ0n) is 11.6. The van der Waals surface area contributed by atoms with E-state index >= 15 is 0 Å². The maximum Gasteiger partial charge on any atom is 0.292 e. The minimum absolute atomic E-state index is 0.0332. The second-order valence-electron chi connectivity index (χ2n) is 5.22. The van der Waals surface area contributed by atoms with Crippen molar-refractivity contribution in [2.45, 2.75) is 33.2 Å². The minimum Gasteiger partial charge on any atom is -0.380 e. The van der Waals surface area contributed by atoms with Crippen molar-refractivity contribution in [2.24, 2.45) is 0 Å². The predicted octanol–water partition coefficient (Wildman–Crippen LogP) is 2.55. The van der Waals surface area contributed by atoms with Gasteiger partial charge in [0.25, 0.3) is 11.6 Å². The molecule has 0 unspecified atom stereocenters. The van der Waals surface area contributed by atoms with Gasteiger partial charge in [0.2, 0.25) is 0 Å². The van der Waals surface area contributed by atoms with Crippen molar-refractivity contribution in [1.82, 2.24) is 5.32 Å². The lowest BCUT2D eigenvalue weighted by Gasteiger charge is -2.20. The lowest BCUT2D eigenvalue weighted by Crippen LogP contribution is -2.40. The third-order valence-corrected chi connectivity index (χ3v) is 2.31. The number of nitro benzene ring substituents is 1. The normalized spacial score (nSPS) is 10.9. The molecule has 0 radical (unpaired) electrons. The first-order chi connectivity index (χ1) is 8.74. The van der Waals surface area contributed by atoms with E-state index < -0.39 is 4.92 Å². The Balaban J connectivity index is 3.08. The van der Waals surface area contributed by atoms with Crippen LogP contribution in [0.15, 0.2) is 18.2 Å². The Kier molecular flexibility index (Phi) is 4.47. The smallest absolute Gasteiger partial charge is 0.292 e. The predicted molar refractivity (Wildman–Crippen MR) is 74.5 cm³/mol. The molecule has 0 aliphatic rings. The highest BCUT2D eigenvalue weighted by molar-refractivity contribution is 5.96. The van der Waals surface area contributed by atoms with E-state index in [9.17, 15) is 14.9 Å². The molecule has 0 spiro atoms. The summed E-state index contributed by atoms with van der Waals surface area (Å²) in [6.07, 6.45) is 0. The lowest BCUT2D eigenvalue weighted by molar-refractivity contribution is -0.384. The van der Waals surface area contributed by atoms with Crippen LogP contribution in [0.4, 0.5) is 11.4 Å². The molecule has 6 nitrogen and oxygen atoms in total. The molecule has 0 saturated carbocycles. The highest BCUT2D eigenvalue weighted by atomic mass is 16.6. The monoisotopic (exact) mass is 265 g/mol. The molecule has 1 rings (SSSR count). The fourth-order valence-corrected chi connectivity index (χ4v) is 1.58. The average molecular weight is 265 g/mol. The second-order valence-corrected chi connectivity index (χ2v) is 5.22. The number of anilines is 1. The van der Waals surface area contributed by atoms with Gasteiger partial charge >= 0.3 is 0 Å². The zero-order chi connectivity index (χ0) is 14.6. The van der Waals surface area contributed by atoms with E-state index in [2.05, 4.69) is 10.6 Å². The molecule has 1 amide bonds. The van der Waals surface area contributed by atoms with Crippen molar-refractivity contribution < 1.29 is 9.72 Å². The first-order valence-electron chi connectivity index (χ1n) is 6.09. The SMILES string of the molecule is CCNc1cc(C(=O)NC(C)(C)C)ccc1[N+](=O)[O-]. The molecule has 0 fully saturated rings. The summed E-state index contributed by atoms with van der Waals surface area (Å²) < 4.78 is 0. The van der Waals surface area contributed by atoms with Crippen LogP contribution in [0, 0.1) is 10.1 Å². The molecule has 0 aliphatic carbocycles. The lowest BCUT2D eigenvalue weighted by atomic mass is 10.1. The summed E-state index contributed by atoms with van der Waals surface area (Å²) in [4.78, 5) is 22.4. The number of nitrogens with zero attached hydrogens (tertiary/aromatic N) is 1. The molecule has 0 atom stereocenters. The Labute approximate surface area is 112 Å². The maximum absolute atomic E-state index is 12.0. The summed E-state index contributed by atoms with van der Waals surface area (Å²) in [5.41, 5.74) is 0.372. The molecule has 1 aromatic rings. The van der Waals surface area contributed by atoms with Gasteiger partial charge in [0.05, 0.1) is 4.92 Å². The first-order valence-corrected chi connectivity index (χ1v) is 6.09. The van der Waals surface area contributed by atoms with Crippen LogP contribution in [0.1, 0.15) is 38.1 Å². The maximum atomic E-state index is 12.0. The van der Waals surface area contributed by atoms with Crippen LogP contribution in [0.5, 0.6) is 0 Å². The summed E-state index contributed by atoms with van der Waals surface area (Å²) in [6, 6.07) is 4.30. The third kappa shape index (κ3) is 4.24. The molecule has 0 bridgehead atoms. The van der Waals surface area contributed by atoms with Crippen molar-refractivity contribution in [2.75, 3.05) is 11.9 Å². The van der Waals surface area contributed by atoms with Crippen LogP contribution < -0.4 is 10.6 Å². The molecule has 1 aromatic carbocycles. The van der Waals surface area contributed by atoms with Gasteiger partial charge < -0.3 is 10.6 Å². The molecular weight excluding hydrogens is 246 g/mol. The van der Waals surface area contributed by atoms with Gasteiger partial charge in [-0.15, -0.1) is 0 Å². The summed E-state index contributed by atoms with van der Waals surface area (Å²) in [6.45, 7) is 8.02. The van der Waals surface area contributed by atoms with Gasteiger partial charge in [-0.2, -0.15) is 0 Å². The highest BCUT2D eigenvalue weighted by Crippen LogP contribution is 2.25. The number of nitro groups is 1. The van der Waals surface area contributed by atoms with Crippen LogP contribution in [0.3, 0.4) is 0 Å². The molecule has 0 heterocycles. The summed E-state index contributed by atoms with van der Waals surface area (Å²) in [5, 5.41) is 16.6. The quantitative estimate of drug-likeness (QED) is 0.647. The standard InChI is InChI=1S/C13H19N3O3/c1-5-14-10-8-9(6-7-11(10)16(18)19)12(17)15-13(2,3)4/h6-8,14H,5H2,1-4H3,(H,15,17). The fraction of sp³-hybridized carbons (Fsp3) is 0.462. The highest BCUT2D eigenvalue weighted by Gasteiger charge is 2.19. The van der Waals surface area contributed by atoms with Crippen molar-refractivity contribution in [3.63, 3.8) is 0 Å². The number of carbonyl (C=O) groups is 1. The van der Waals surface area contributed by atoms with Crippen molar-refractivity contribution >= 4 is 17.3 Å². The van der Waals surface area contributed by atoms with Gasteiger partial charge in [-0.1, -0.05) is 0 Å². The van der Waals surface area contributed by atoms with Crippen LogP contribution in [0.2, 0.25) is 0 Å². The van der Waals surface area contributed by atoms with E-state index in [1.807, 2.05) is 27.7 Å². The van der Waals surface area contributed by atoms with Crippen molar-refractivity contribution in [1.29, 1.82) is 0 Å². The molecule has 0 aromatic heterocycles. The summed E-state index contributed by atoms with van der Waals surface area (Å²) >= 11 is 0.